The highest BCUT2D eigenvalue weighted by Gasteiger charge is 2.35. The minimum Gasteiger partial charge on any atom is -0.512 e. The van der Waals surface area contributed by atoms with Crippen molar-refractivity contribution in [2.75, 3.05) is 6.61 Å². The van der Waals surface area contributed by atoms with E-state index >= 15 is 0 Å². The van der Waals surface area contributed by atoms with Crippen LogP contribution < -0.4 is 0 Å². The molecule has 0 aromatic carbocycles. The van der Waals surface area contributed by atoms with Crippen LogP contribution in [0.25, 0.3) is 0 Å². The number of aliphatic imine (C=N–C) groups is 1. The highest BCUT2D eigenvalue weighted by molar-refractivity contribution is 5.87. The molecule has 3 nitrogen and oxygen atoms in total. The maximum atomic E-state index is 9.70. The lowest BCUT2D eigenvalue weighted by Crippen LogP contribution is -2.26. The molecule has 1 heterocycles. The maximum absolute atomic E-state index is 9.70. The lowest BCUT2D eigenvalue weighted by atomic mass is 9.82. The van der Waals surface area contributed by atoms with E-state index in [4.69, 9.17) is 9.73 Å². The highest BCUT2D eigenvalue weighted by atomic mass is 16.5. The molecule has 0 aromatic rings. The van der Waals surface area contributed by atoms with Gasteiger partial charge < -0.3 is 9.84 Å². The van der Waals surface area contributed by atoms with Gasteiger partial charge in [0.1, 0.15) is 6.61 Å². The molecule has 0 bridgehead atoms. The number of nitrogens with zero attached hydrogens (tertiary/aromatic N) is 1. The summed E-state index contributed by atoms with van der Waals surface area (Å²) in [6.45, 7) is 9.47. The lowest BCUT2D eigenvalue weighted by Gasteiger charge is -2.25. The summed E-state index contributed by atoms with van der Waals surface area (Å²) in [6.07, 6.45) is 11.8. The standard InChI is InChI=1S/C19H29NO2/c1-5-14(2)17-13-22-18(20-17)19(3,4)15-9-6-7-11-16(21)12-8-10-15/h8-10,12,14,17,21H,5-7,11,13H2,1-4H3/b10-8-,15-9-,16-12-/t14-,17-/m1/s1. The Labute approximate surface area is 134 Å². The first-order valence-corrected chi connectivity index (χ1v) is 8.43. The van der Waals surface area contributed by atoms with Gasteiger partial charge in [0, 0.05) is 6.42 Å². The molecular weight excluding hydrogens is 274 g/mol. The molecule has 1 aliphatic carbocycles. The number of ether oxygens (including phenoxy) is 1. The summed E-state index contributed by atoms with van der Waals surface area (Å²) < 4.78 is 5.94. The fourth-order valence-corrected chi connectivity index (χ4v) is 2.84. The molecule has 0 spiro atoms. The summed E-state index contributed by atoms with van der Waals surface area (Å²) in [5.74, 6) is 1.86. The molecule has 1 N–H and O–H groups in total. The third-order valence-electron chi connectivity index (χ3n) is 4.80. The van der Waals surface area contributed by atoms with Gasteiger partial charge in [0.2, 0.25) is 0 Å². The van der Waals surface area contributed by atoms with Crippen molar-refractivity contribution in [2.24, 2.45) is 16.3 Å². The second-order valence-corrected chi connectivity index (χ2v) is 6.89. The topological polar surface area (TPSA) is 41.8 Å². The minimum atomic E-state index is -0.230. The van der Waals surface area contributed by atoms with Crippen LogP contribution in [0.4, 0.5) is 0 Å². The summed E-state index contributed by atoms with van der Waals surface area (Å²) in [7, 11) is 0. The number of allylic oxidation sites excluding steroid dienone is 5. The fraction of sp³-hybridized carbons (Fsp3) is 0.632. The second kappa shape index (κ2) is 7.17. The van der Waals surface area contributed by atoms with Gasteiger partial charge in [0.05, 0.1) is 17.2 Å². The molecule has 22 heavy (non-hydrogen) atoms. The Balaban J connectivity index is 2.22. The molecule has 0 aromatic heterocycles. The van der Waals surface area contributed by atoms with Gasteiger partial charge in [-0.25, -0.2) is 4.99 Å². The molecule has 2 atom stereocenters. The normalized spacial score (nSPS) is 30.5. The molecule has 2 rings (SSSR count). The zero-order chi connectivity index (χ0) is 16.2. The quantitative estimate of drug-likeness (QED) is 0.797. The third kappa shape index (κ3) is 3.82. The molecule has 0 fully saturated rings. The van der Waals surface area contributed by atoms with Crippen LogP contribution in [0.15, 0.2) is 40.6 Å². The van der Waals surface area contributed by atoms with Crippen LogP contribution in [0.2, 0.25) is 0 Å². The van der Waals surface area contributed by atoms with Crippen molar-refractivity contribution in [1.29, 1.82) is 0 Å². The number of rotatable bonds is 4. The van der Waals surface area contributed by atoms with Crippen molar-refractivity contribution in [3.63, 3.8) is 0 Å². The first-order valence-electron chi connectivity index (χ1n) is 8.43. The Morgan fingerprint density at radius 1 is 1.45 bits per heavy atom. The van der Waals surface area contributed by atoms with Crippen LogP contribution in [0.1, 0.15) is 53.4 Å². The van der Waals surface area contributed by atoms with Crippen LogP contribution >= 0.6 is 0 Å². The first kappa shape index (κ1) is 16.9. The second-order valence-electron chi connectivity index (χ2n) is 6.89. The first-order chi connectivity index (χ1) is 10.4. The molecule has 3 heteroatoms. The average Bonchev–Trinajstić information content (AvgIpc) is 3.01. The van der Waals surface area contributed by atoms with Crippen molar-refractivity contribution in [1.82, 2.24) is 0 Å². The summed E-state index contributed by atoms with van der Waals surface area (Å²) in [5, 5.41) is 9.70. The minimum absolute atomic E-state index is 0.230. The van der Waals surface area contributed by atoms with E-state index in [2.05, 4.69) is 39.8 Å². The molecule has 0 unspecified atom stereocenters. The molecule has 2 aliphatic rings. The molecule has 0 saturated carbocycles. The van der Waals surface area contributed by atoms with E-state index in [0.717, 1.165) is 31.6 Å². The molecule has 0 saturated heterocycles. The van der Waals surface area contributed by atoms with Gasteiger partial charge in [0.15, 0.2) is 5.90 Å². The third-order valence-corrected chi connectivity index (χ3v) is 4.80. The van der Waals surface area contributed by atoms with Gasteiger partial charge in [-0.2, -0.15) is 0 Å². The Hall–Kier alpha value is -1.51. The number of aliphatic hydroxyl groups is 1. The number of aliphatic hydroxyl groups excluding tert-OH is 1. The van der Waals surface area contributed by atoms with Gasteiger partial charge >= 0.3 is 0 Å². The summed E-state index contributed by atoms with van der Waals surface area (Å²) in [6, 6.07) is 0.282. The Kier molecular flexibility index (Phi) is 5.49. The molecular formula is C19H29NO2. The summed E-state index contributed by atoms with van der Waals surface area (Å²) in [5.41, 5.74) is 0.981. The van der Waals surface area contributed by atoms with Crippen LogP contribution in [0.3, 0.4) is 0 Å². The van der Waals surface area contributed by atoms with E-state index in [1.54, 1.807) is 6.08 Å². The van der Waals surface area contributed by atoms with Gasteiger partial charge in [-0.05, 0) is 44.3 Å². The van der Waals surface area contributed by atoms with Crippen molar-refractivity contribution in [3.05, 3.63) is 35.6 Å². The maximum Gasteiger partial charge on any atom is 0.194 e. The Bertz CT molecular complexity index is 512. The van der Waals surface area contributed by atoms with Gasteiger partial charge in [0.25, 0.3) is 0 Å². The predicted molar refractivity (Wildman–Crippen MR) is 92.2 cm³/mol. The number of hydrogen-bond donors (Lipinski definition) is 1. The van der Waals surface area contributed by atoms with E-state index in [9.17, 15) is 5.11 Å². The summed E-state index contributed by atoms with van der Waals surface area (Å²) in [4.78, 5) is 4.85. The van der Waals surface area contributed by atoms with Crippen molar-refractivity contribution in [3.8, 4) is 0 Å². The van der Waals surface area contributed by atoms with Gasteiger partial charge in [-0.15, -0.1) is 0 Å². The van der Waals surface area contributed by atoms with E-state index in [-0.39, 0.29) is 11.5 Å². The van der Waals surface area contributed by atoms with Gasteiger partial charge in [-0.1, -0.05) is 38.5 Å². The Morgan fingerprint density at radius 2 is 2.23 bits per heavy atom. The van der Waals surface area contributed by atoms with E-state index in [1.807, 2.05) is 6.08 Å². The molecule has 122 valence electrons. The lowest BCUT2D eigenvalue weighted by molar-refractivity contribution is 0.262. The van der Waals surface area contributed by atoms with E-state index < -0.39 is 0 Å². The SMILES string of the molecule is CC[C@@H](C)[C@H]1COC(C(C)(C)C2=C\CCC/C(O)=C/C=C\2)=N1. The summed E-state index contributed by atoms with van der Waals surface area (Å²) >= 11 is 0. The predicted octanol–water partition coefficient (Wildman–Crippen LogP) is 4.96. The van der Waals surface area contributed by atoms with Crippen LogP contribution in [-0.2, 0) is 4.74 Å². The van der Waals surface area contributed by atoms with Crippen LogP contribution in [0.5, 0.6) is 0 Å². The molecule has 0 radical (unpaired) electrons. The van der Waals surface area contributed by atoms with E-state index in [0.29, 0.717) is 18.3 Å². The molecule has 1 aliphatic heterocycles. The monoisotopic (exact) mass is 303 g/mol. The van der Waals surface area contributed by atoms with Gasteiger partial charge in [-0.3, -0.25) is 0 Å². The van der Waals surface area contributed by atoms with Crippen molar-refractivity contribution >= 4 is 5.90 Å². The van der Waals surface area contributed by atoms with Crippen LogP contribution in [0, 0.1) is 11.3 Å². The van der Waals surface area contributed by atoms with E-state index in [1.165, 1.54) is 5.57 Å². The largest absolute Gasteiger partial charge is 0.512 e. The van der Waals surface area contributed by atoms with Crippen LogP contribution in [-0.4, -0.2) is 23.7 Å². The molecule has 0 amide bonds. The zero-order valence-corrected chi connectivity index (χ0v) is 14.3. The zero-order valence-electron chi connectivity index (χ0n) is 14.3. The highest BCUT2D eigenvalue weighted by Crippen LogP contribution is 2.34. The number of hydrogen-bond acceptors (Lipinski definition) is 3. The smallest absolute Gasteiger partial charge is 0.194 e. The van der Waals surface area contributed by atoms with Crippen molar-refractivity contribution < 1.29 is 9.84 Å². The fourth-order valence-electron chi connectivity index (χ4n) is 2.84. The van der Waals surface area contributed by atoms with Crippen molar-refractivity contribution in [2.45, 2.75) is 59.4 Å². The average molecular weight is 303 g/mol. The Morgan fingerprint density at radius 3 is 2.95 bits per heavy atom.